The third kappa shape index (κ3) is 2.98. The van der Waals surface area contributed by atoms with Gasteiger partial charge in [-0.1, -0.05) is 30.7 Å². The van der Waals surface area contributed by atoms with Gasteiger partial charge < -0.3 is 5.11 Å². The zero-order chi connectivity index (χ0) is 20.0. The van der Waals surface area contributed by atoms with E-state index in [9.17, 15) is 14.7 Å². The molecule has 1 saturated heterocycles. The molecule has 3 aromatic rings. The van der Waals surface area contributed by atoms with Crippen LogP contribution >= 0.6 is 0 Å². The number of phenols is 1. The molecule has 146 valence electrons. The molecule has 0 aliphatic carbocycles. The molecule has 1 fully saturated rings. The largest absolute Gasteiger partial charge is 0.508 e. The number of hydrogen-bond donors (Lipinski definition) is 1. The summed E-state index contributed by atoms with van der Waals surface area (Å²) in [6.07, 6.45) is 3.55. The van der Waals surface area contributed by atoms with Crippen molar-refractivity contribution < 1.29 is 14.7 Å². The Balaban J connectivity index is 1.55. The molecule has 29 heavy (non-hydrogen) atoms. The maximum Gasteiger partial charge on any atom is 0.265 e. The van der Waals surface area contributed by atoms with Gasteiger partial charge in [0.05, 0.1) is 5.69 Å². The second kappa shape index (κ2) is 7.01. The fraction of sp³-hybridized carbons (Fsp3) is 0.250. The van der Waals surface area contributed by atoms with Crippen molar-refractivity contribution in [2.45, 2.75) is 25.8 Å². The zero-order valence-corrected chi connectivity index (χ0v) is 16.1. The molecule has 0 bridgehead atoms. The monoisotopic (exact) mass is 386 g/mol. The Morgan fingerprint density at radius 2 is 1.48 bits per heavy atom. The molecule has 3 aromatic carbocycles. The maximum absolute atomic E-state index is 13.2. The number of anilines is 1. The van der Waals surface area contributed by atoms with Gasteiger partial charge in [0.25, 0.3) is 11.8 Å². The van der Waals surface area contributed by atoms with Crippen LogP contribution < -0.4 is 4.90 Å². The van der Waals surface area contributed by atoms with Crippen molar-refractivity contribution >= 4 is 28.3 Å². The highest BCUT2D eigenvalue weighted by Crippen LogP contribution is 2.34. The first-order valence-electron chi connectivity index (χ1n) is 10.1. The third-order valence-corrected chi connectivity index (χ3v) is 5.94. The van der Waals surface area contributed by atoms with Crippen LogP contribution in [0.2, 0.25) is 0 Å². The molecular weight excluding hydrogens is 364 g/mol. The molecule has 2 aliphatic heterocycles. The minimum atomic E-state index is -0.325. The number of imide groups is 1. The summed E-state index contributed by atoms with van der Waals surface area (Å²) in [5.74, 6) is -0.457. The Labute approximate surface area is 169 Å². The van der Waals surface area contributed by atoms with Crippen LogP contribution in [0.15, 0.2) is 54.6 Å². The molecule has 0 atom stereocenters. The lowest BCUT2D eigenvalue weighted by molar-refractivity contribution is 0.0893. The Bertz CT molecular complexity index is 1080. The number of carbonyl (C=O) groups is 2. The van der Waals surface area contributed by atoms with Crippen LogP contribution in [-0.2, 0) is 6.54 Å². The fourth-order valence-electron chi connectivity index (χ4n) is 4.46. The highest BCUT2D eigenvalue weighted by Gasteiger charge is 2.34. The van der Waals surface area contributed by atoms with Gasteiger partial charge in [-0.3, -0.25) is 14.5 Å². The number of rotatable bonds is 3. The molecule has 5 heteroatoms. The van der Waals surface area contributed by atoms with Gasteiger partial charge >= 0.3 is 0 Å². The number of nitrogens with zero attached hydrogens (tertiary/aromatic N) is 2. The number of benzene rings is 3. The summed E-state index contributed by atoms with van der Waals surface area (Å²) in [6, 6.07) is 16.0. The molecule has 1 N–H and O–H groups in total. The van der Waals surface area contributed by atoms with Crippen molar-refractivity contribution in [2.24, 2.45) is 0 Å². The van der Waals surface area contributed by atoms with Crippen LogP contribution in [-0.4, -0.2) is 34.9 Å². The third-order valence-electron chi connectivity index (χ3n) is 5.94. The lowest BCUT2D eigenvalue weighted by atomic mass is 9.93. The molecule has 5 rings (SSSR count). The smallest absolute Gasteiger partial charge is 0.265 e. The first kappa shape index (κ1) is 17.9. The Kier molecular flexibility index (Phi) is 4.32. The highest BCUT2D eigenvalue weighted by molar-refractivity contribution is 6.35. The van der Waals surface area contributed by atoms with E-state index in [0.29, 0.717) is 28.7 Å². The number of aromatic hydroxyl groups is 1. The van der Waals surface area contributed by atoms with Crippen LogP contribution in [0, 0.1) is 0 Å². The van der Waals surface area contributed by atoms with E-state index < -0.39 is 0 Å². The zero-order valence-electron chi connectivity index (χ0n) is 16.1. The number of piperidine rings is 1. The summed E-state index contributed by atoms with van der Waals surface area (Å²) >= 11 is 0. The predicted octanol–water partition coefficient (Wildman–Crippen LogP) is 4.33. The molecule has 0 unspecified atom stereocenters. The molecule has 0 spiro atoms. The van der Waals surface area contributed by atoms with Crippen molar-refractivity contribution in [1.82, 2.24) is 4.90 Å². The first-order chi connectivity index (χ1) is 14.1. The summed E-state index contributed by atoms with van der Waals surface area (Å²) in [5.41, 5.74) is 2.30. The minimum Gasteiger partial charge on any atom is -0.508 e. The molecule has 2 aliphatic rings. The van der Waals surface area contributed by atoms with Crippen LogP contribution in [0.4, 0.5) is 5.69 Å². The predicted molar refractivity (Wildman–Crippen MR) is 112 cm³/mol. The average molecular weight is 386 g/mol. The van der Waals surface area contributed by atoms with Crippen LogP contribution in [0.5, 0.6) is 5.75 Å². The number of hydrogen-bond acceptors (Lipinski definition) is 4. The summed E-state index contributed by atoms with van der Waals surface area (Å²) in [4.78, 5) is 30.0. The van der Waals surface area contributed by atoms with Crippen molar-refractivity contribution in [3.05, 3.63) is 71.3 Å². The molecule has 2 amide bonds. The van der Waals surface area contributed by atoms with E-state index in [4.69, 9.17) is 0 Å². The van der Waals surface area contributed by atoms with Crippen molar-refractivity contribution in [2.75, 3.05) is 18.0 Å². The number of carbonyl (C=O) groups excluding carboxylic acids is 2. The molecule has 5 nitrogen and oxygen atoms in total. The van der Waals surface area contributed by atoms with E-state index in [1.807, 2.05) is 24.3 Å². The topological polar surface area (TPSA) is 60.9 Å². The van der Waals surface area contributed by atoms with E-state index in [-0.39, 0.29) is 17.6 Å². The summed E-state index contributed by atoms with van der Waals surface area (Å²) < 4.78 is 0. The van der Waals surface area contributed by atoms with Gasteiger partial charge in [0, 0.05) is 28.6 Å². The summed E-state index contributed by atoms with van der Waals surface area (Å²) in [6.45, 7) is 2.61. The van der Waals surface area contributed by atoms with Gasteiger partial charge in [0.1, 0.15) is 5.75 Å². The Morgan fingerprint density at radius 1 is 0.828 bits per heavy atom. The van der Waals surface area contributed by atoms with E-state index in [2.05, 4.69) is 4.90 Å². The first-order valence-corrected chi connectivity index (χ1v) is 10.1. The van der Waals surface area contributed by atoms with Gasteiger partial charge in [0.2, 0.25) is 0 Å². The van der Waals surface area contributed by atoms with Gasteiger partial charge in [-0.15, -0.1) is 0 Å². The van der Waals surface area contributed by atoms with Crippen LogP contribution in [0.25, 0.3) is 10.8 Å². The van der Waals surface area contributed by atoms with Crippen molar-refractivity contribution in [1.29, 1.82) is 0 Å². The molecule has 2 heterocycles. The van der Waals surface area contributed by atoms with E-state index in [1.54, 1.807) is 30.3 Å². The fourth-order valence-corrected chi connectivity index (χ4v) is 4.46. The highest BCUT2D eigenvalue weighted by atomic mass is 16.3. The van der Waals surface area contributed by atoms with Gasteiger partial charge in [-0.2, -0.15) is 0 Å². The Hall–Kier alpha value is -3.18. The molecule has 0 saturated carbocycles. The maximum atomic E-state index is 13.2. The van der Waals surface area contributed by atoms with Crippen molar-refractivity contribution in [3.63, 3.8) is 0 Å². The number of phenolic OH excluding ortho intramolecular Hbond substituents is 1. The molecule has 0 radical (unpaired) electrons. The second-order valence-electron chi connectivity index (χ2n) is 7.80. The van der Waals surface area contributed by atoms with Crippen molar-refractivity contribution in [3.8, 4) is 5.75 Å². The van der Waals surface area contributed by atoms with Crippen LogP contribution in [0.3, 0.4) is 0 Å². The van der Waals surface area contributed by atoms with E-state index in [0.717, 1.165) is 36.9 Å². The van der Waals surface area contributed by atoms with Gasteiger partial charge in [-0.25, -0.2) is 4.90 Å². The number of amides is 2. The standard InChI is InChI=1S/C24H22N2O3/c27-21-11-10-18(14-17(21)15-25-12-2-1-3-13-25)26-23(28)19-8-4-6-16-7-5-9-20(22(16)19)24(26)29/h4-11,14,27H,1-3,12-13,15H2. The Morgan fingerprint density at radius 3 is 2.14 bits per heavy atom. The summed E-state index contributed by atoms with van der Waals surface area (Å²) in [5, 5.41) is 12.0. The lowest BCUT2D eigenvalue weighted by Gasteiger charge is -2.29. The molecular formula is C24H22N2O3. The number of likely N-dealkylation sites (tertiary alicyclic amines) is 1. The van der Waals surface area contributed by atoms with Crippen LogP contribution in [0.1, 0.15) is 45.5 Å². The van der Waals surface area contributed by atoms with E-state index in [1.165, 1.54) is 11.3 Å². The average Bonchev–Trinajstić information content (AvgIpc) is 2.75. The molecule has 0 aromatic heterocycles. The lowest BCUT2D eigenvalue weighted by Crippen LogP contribution is -2.40. The summed E-state index contributed by atoms with van der Waals surface area (Å²) in [7, 11) is 0. The van der Waals surface area contributed by atoms with Gasteiger partial charge in [0.15, 0.2) is 0 Å². The minimum absolute atomic E-state index is 0.193. The van der Waals surface area contributed by atoms with Gasteiger partial charge in [-0.05, 0) is 61.6 Å². The SMILES string of the molecule is O=C1c2cccc3cccc(c23)C(=O)N1c1ccc(O)c(CN2CCCCC2)c1. The second-order valence-corrected chi connectivity index (χ2v) is 7.80. The quantitative estimate of drug-likeness (QED) is 0.681. The normalized spacial score (nSPS) is 17.2. The van der Waals surface area contributed by atoms with E-state index >= 15 is 0 Å².